The Kier molecular flexibility index (Phi) is 7.26. The van der Waals surface area contributed by atoms with Gasteiger partial charge in [-0.1, -0.05) is 18.2 Å². The van der Waals surface area contributed by atoms with Gasteiger partial charge in [0, 0.05) is 36.6 Å². The van der Waals surface area contributed by atoms with Gasteiger partial charge in [0.25, 0.3) is 0 Å². The van der Waals surface area contributed by atoms with Crippen LogP contribution in [0.4, 0.5) is 14.9 Å². The molecule has 0 radical (unpaired) electrons. The van der Waals surface area contributed by atoms with Crippen LogP contribution in [0.3, 0.4) is 0 Å². The quantitative estimate of drug-likeness (QED) is 0.507. The lowest BCUT2D eigenvalue weighted by Crippen LogP contribution is -2.39. The van der Waals surface area contributed by atoms with Gasteiger partial charge < -0.3 is 25.7 Å². The molecule has 8 heteroatoms. The molecule has 0 aromatic heterocycles. The first kappa shape index (κ1) is 25.6. The maximum Gasteiger partial charge on any atom is 0.410 e. The summed E-state index contributed by atoms with van der Waals surface area (Å²) in [4.78, 5) is 14.2. The highest BCUT2D eigenvalue weighted by Crippen LogP contribution is 2.37. The predicted molar refractivity (Wildman–Crippen MR) is 142 cm³/mol. The zero-order chi connectivity index (χ0) is 26.0. The number of anilines is 1. The van der Waals surface area contributed by atoms with E-state index in [0.29, 0.717) is 25.3 Å². The van der Waals surface area contributed by atoms with E-state index in [1.54, 1.807) is 22.0 Å². The van der Waals surface area contributed by atoms with Gasteiger partial charge in [-0.15, -0.1) is 0 Å². The molecular weight excluding hydrogens is 457 g/mol. The molecule has 1 unspecified atom stereocenters. The van der Waals surface area contributed by atoms with Gasteiger partial charge in [-0.2, -0.15) is 0 Å². The predicted octanol–water partition coefficient (Wildman–Crippen LogP) is 5.23. The van der Waals surface area contributed by atoms with Crippen LogP contribution in [0.5, 0.6) is 0 Å². The largest absolute Gasteiger partial charge is 0.444 e. The third kappa shape index (κ3) is 5.82. The second-order valence-corrected chi connectivity index (χ2v) is 10.4. The minimum absolute atomic E-state index is 0.0456. The molecule has 1 atom stereocenters. The number of allylic oxidation sites excluding steroid dienone is 1. The fourth-order valence-electron chi connectivity index (χ4n) is 4.72. The number of amides is 1. The SMILES string of the molecule is C/C(N)=C1\c2ccc(C3=CCN(C(=O)OC(C)(C)C)CC3)cc2C(Nc2ccc(F)cc2)CCN1N. The molecule has 0 saturated heterocycles. The molecule has 2 aromatic carbocycles. The molecular formula is C28H36FN5O2. The van der Waals surface area contributed by atoms with Crippen LogP contribution in [0.2, 0.25) is 0 Å². The summed E-state index contributed by atoms with van der Waals surface area (Å²) < 4.78 is 19.0. The first-order valence-electron chi connectivity index (χ1n) is 12.3. The van der Waals surface area contributed by atoms with Crippen LogP contribution in [0, 0.1) is 5.82 Å². The molecule has 2 aliphatic rings. The third-order valence-corrected chi connectivity index (χ3v) is 6.42. The smallest absolute Gasteiger partial charge is 0.410 e. The van der Waals surface area contributed by atoms with Crippen molar-refractivity contribution in [3.63, 3.8) is 0 Å². The normalized spacial score (nSPS) is 19.7. The van der Waals surface area contributed by atoms with Gasteiger partial charge in [0.1, 0.15) is 11.4 Å². The Morgan fingerprint density at radius 2 is 1.86 bits per heavy atom. The number of halogens is 1. The first-order chi connectivity index (χ1) is 17.0. The fourth-order valence-corrected chi connectivity index (χ4v) is 4.72. The van der Waals surface area contributed by atoms with Crippen molar-refractivity contribution in [3.8, 4) is 0 Å². The van der Waals surface area contributed by atoms with E-state index in [4.69, 9.17) is 16.3 Å². The number of nitrogens with one attached hydrogen (secondary N) is 1. The number of carbonyl (C=O) groups excluding carboxylic acids is 1. The van der Waals surface area contributed by atoms with E-state index in [1.807, 2.05) is 27.7 Å². The monoisotopic (exact) mass is 493 g/mol. The Labute approximate surface area is 212 Å². The van der Waals surface area contributed by atoms with Gasteiger partial charge in [-0.3, -0.25) is 0 Å². The van der Waals surface area contributed by atoms with Crippen LogP contribution in [-0.4, -0.2) is 41.2 Å². The van der Waals surface area contributed by atoms with Gasteiger partial charge in [-0.05, 0) is 87.6 Å². The van der Waals surface area contributed by atoms with E-state index >= 15 is 0 Å². The molecule has 0 aliphatic carbocycles. The zero-order valence-corrected chi connectivity index (χ0v) is 21.5. The highest BCUT2D eigenvalue weighted by molar-refractivity contribution is 5.76. The minimum atomic E-state index is -0.520. The summed E-state index contributed by atoms with van der Waals surface area (Å²) in [5.74, 6) is 6.12. The van der Waals surface area contributed by atoms with Crippen molar-refractivity contribution in [3.05, 3.63) is 76.7 Å². The Morgan fingerprint density at radius 1 is 1.14 bits per heavy atom. The Balaban J connectivity index is 1.65. The van der Waals surface area contributed by atoms with Crippen LogP contribution in [-0.2, 0) is 4.74 Å². The third-order valence-electron chi connectivity index (χ3n) is 6.42. The topological polar surface area (TPSA) is 96.8 Å². The van der Waals surface area contributed by atoms with Crippen molar-refractivity contribution in [1.82, 2.24) is 9.91 Å². The van der Waals surface area contributed by atoms with E-state index in [-0.39, 0.29) is 18.0 Å². The molecule has 0 spiro atoms. The number of hydrogen-bond acceptors (Lipinski definition) is 6. The van der Waals surface area contributed by atoms with Crippen molar-refractivity contribution in [2.24, 2.45) is 11.6 Å². The molecule has 2 aliphatic heterocycles. The molecule has 0 fully saturated rings. The summed E-state index contributed by atoms with van der Waals surface area (Å²) in [6, 6.07) is 12.7. The number of hydrazine groups is 1. The number of nitrogens with zero attached hydrogens (tertiary/aromatic N) is 2. The van der Waals surface area contributed by atoms with E-state index < -0.39 is 5.60 Å². The minimum Gasteiger partial charge on any atom is -0.444 e. The number of benzene rings is 2. The fraction of sp³-hybridized carbons (Fsp3) is 0.393. The number of hydrogen-bond donors (Lipinski definition) is 3. The Hall–Kier alpha value is -3.52. The van der Waals surface area contributed by atoms with E-state index in [1.165, 1.54) is 17.7 Å². The lowest BCUT2D eigenvalue weighted by atomic mass is 9.90. The van der Waals surface area contributed by atoms with E-state index in [0.717, 1.165) is 40.9 Å². The molecule has 2 aromatic rings. The molecule has 192 valence electrons. The number of rotatable bonds is 3. The van der Waals surface area contributed by atoms with Crippen molar-refractivity contribution in [2.75, 3.05) is 25.0 Å². The highest BCUT2D eigenvalue weighted by Gasteiger charge is 2.28. The Morgan fingerprint density at radius 3 is 2.47 bits per heavy atom. The zero-order valence-electron chi connectivity index (χ0n) is 21.5. The second-order valence-electron chi connectivity index (χ2n) is 10.4. The van der Waals surface area contributed by atoms with Gasteiger partial charge >= 0.3 is 6.09 Å². The summed E-state index contributed by atoms with van der Waals surface area (Å²) in [5.41, 5.74) is 12.4. The van der Waals surface area contributed by atoms with E-state index in [2.05, 4.69) is 29.6 Å². The standard InChI is InChI=1S/C28H36FN5O2/c1-18(30)26-23-10-5-20(19-11-14-33(15-12-19)27(35)36-28(2,3)4)17-24(23)25(13-16-34(26)31)32-22-8-6-21(29)7-9-22/h5-11,17,25,32H,12-16,30-31H2,1-4H3/b26-18-. The summed E-state index contributed by atoms with van der Waals surface area (Å²) in [5, 5.41) is 5.26. The molecule has 36 heavy (non-hydrogen) atoms. The van der Waals surface area contributed by atoms with Gasteiger partial charge in [0.05, 0.1) is 11.7 Å². The van der Waals surface area contributed by atoms with Crippen molar-refractivity contribution in [2.45, 2.75) is 52.2 Å². The van der Waals surface area contributed by atoms with Crippen molar-refractivity contribution in [1.29, 1.82) is 0 Å². The van der Waals surface area contributed by atoms with Crippen LogP contribution in [0.25, 0.3) is 11.3 Å². The summed E-state index contributed by atoms with van der Waals surface area (Å²) in [7, 11) is 0. The van der Waals surface area contributed by atoms with Crippen LogP contribution >= 0.6 is 0 Å². The molecule has 1 amide bonds. The molecule has 4 rings (SSSR count). The molecule has 0 saturated carbocycles. The average molecular weight is 494 g/mol. The number of nitrogens with two attached hydrogens (primary N) is 2. The molecule has 7 nitrogen and oxygen atoms in total. The summed E-state index contributed by atoms with van der Waals surface area (Å²) in [6.07, 6.45) is 3.27. The lowest BCUT2D eigenvalue weighted by molar-refractivity contribution is 0.0270. The van der Waals surface area contributed by atoms with Gasteiger partial charge in [0.2, 0.25) is 0 Å². The molecule has 2 heterocycles. The molecule has 5 N–H and O–H groups in total. The number of ether oxygens (including phenoxy) is 1. The average Bonchev–Trinajstić information content (AvgIpc) is 2.95. The van der Waals surface area contributed by atoms with E-state index in [9.17, 15) is 9.18 Å². The van der Waals surface area contributed by atoms with Crippen LogP contribution in [0.15, 0.2) is 54.2 Å². The van der Waals surface area contributed by atoms with Gasteiger partial charge in [0.15, 0.2) is 0 Å². The second kappa shape index (κ2) is 10.2. The van der Waals surface area contributed by atoms with Crippen LogP contribution < -0.4 is 16.9 Å². The number of carbonyl (C=O) groups is 1. The Bertz CT molecular complexity index is 1180. The summed E-state index contributed by atoms with van der Waals surface area (Å²) in [6.45, 7) is 9.18. The molecule has 0 bridgehead atoms. The summed E-state index contributed by atoms with van der Waals surface area (Å²) >= 11 is 0. The van der Waals surface area contributed by atoms with Gasteiger partial charge in [-0.25, -0.2) is 15.0 Å². The first-order valence-corrected chi connectivity index (χ1v) is 12.3. The van der Waals surface area contributed by atoms with Crippen molar-refractivity contribution >= 4 is 23.1 Å². The maximum absolute atomic E-state index is 13.5. The van der Waals surface area contributed by atoms with Crippen LogP contribution in [0.1, 0.15) is 63.3 Å². The number of fused-ring (bicyclic) bond motifs is 1. The highest BCUT2D eigenvalue weighted by atomic mass is 19.1. The lowest BCUT2D eigenvalue weighted by Gasteiger charge is -2.30. The maximum atomic E-state index is 13.5. The van der Waals surface area contributed by atoms with Crippen molar-refractivity contribution < 1.29 is 13.9 Å².